The van der Waals surface area contributed by atoms with Gasteiger partial charge in [-0.3, -0.25) is 0 Å². The van der Waals surface area contributed by atoms with Crippen molar-refractivity contribution in [3.8, 4) is 0 Å². The highest BCUT2D eigenvalue weighted by Crippen LogP contribution is 2.19. The lowest BCUT2D eigenvalue weighted by atomic mass is 10.4. The Kier molecular flexibility index (Phi) is 4.90. The van der Waals surface area contributed by atoms with Gasteiger partial charge in [-0.15, -0.1) is 0 Å². The van der Waals surface area contributed by atoms with Gasteiger partial charge in [-0.25, -0.2) is 8.42 Å². The van der Waals surface area contributed by atoms with E-state index >= 15 is 0 Å². The molecule has 1 aromatic carbocycles. The Bertz CT molecular complexity index is 382. The van der Waals surface area contributed by atoms with E-state index in [-0.39, 0.29) is 0 Å². The summed E-state index contributed by atoms with van der Waals surface area (Å²) in [5.41, 5.74) is 0. The minimum Gasteiger partial charge on any atom is -0.229 e. The summed E-state index contributed by atoms with van der Waals surface area (Å²) in [6.07, 6.45) is 1.75. The third-order valence-electron chi connectivity index (χ3n) is 1.99. The van der Waals surface area contributed by atoms with E-state index in [0.717, 1.165) is 12.8 Å². The Labute approximate surface area is 100 Å². The van der Waals surface area contributed by atoms with Crippen LogP contribution in [0.3, 0.4) is 0 Å². The van der Waals surface area contributed by atoms with Crippen molar-refractivity contribution in [1.29, 1.82) is 0 Å². The van der Waals surface area contributed by atoms with Crippen LogP contribution in [-0.4, -0.2) is 19.9 Å². The highest BCUT2D eigenvalue weighted by molar-refractivity contribution is 7.91. The Morgan fingerprint density at radius 2 is 1.33 bits per heavy atom. The molecule has 0 bridgehead atoms. The van der Waals surface area contributed by atoms with Gasteiger partial charge in [0.2, 0.25) is 0 Å². The second-order valence-electron chi connectivity index (χ2n) is 3.27. The molecule has 2 rings (SSSR count). The van der Waals surface area contributed by atoms with Gasteiger partial charge in [0, 0.05) is 0 Å². The number of rotatable bonds is 0. The highest BCUT2D eigenvalue weighted by Gasteiger charge is 2.16. The first-order chi connectivity index (χ1) is 7.01. The van der Waals surface area contributed by atoms with E-state index in [4.69, 9.17) is 23.2 Å². The number of hydrogen-bond donors (Lipinski definition) is 0. The molecule has 2 nitrogen and oxygen atoms in total. The van der Waals surface area contributed by atoms with Gasteiger partial charge in [-0.05, 0) is 25.0 Å². The van der Waals surface area contributed by atoms with Crippen LogP contribution in [0.1, 0.15) is 12.8 Å². The lowest BCUT2D eigenvalue weighted by Gasteiger charge is -1.88. The fourth-order valence-electron chi connectivity index (χ4n) is 1.19. The lowest BCUT2D eigenvalue weighted by molar-refractivity contribution is 0.602. The molecule has 1 fully saturated rings. The van der Waals surface area contributed by atoms with Crippen LogP contribution in [-0.2, 0) is 9.84 Å². The first-order valence-electron chi connectivity index (χ1n) is 4.62. The Balaban J connectivity index is 0.000000151. The minimum absolute atomic E-state index is 0.424. The van der Waals surface area contributed by atoms with Gasteiger partial charge in [0.05, 0.1) is 21.6 Å². The van der Waals surface area contributed by atoms with Gasteiger partial charge < -0.3 is 0 Å². The predicted octanol–water partition coefficient (Wildman–Crippen LogP) is 3.19. The molecular weight excluding hydrogens is 255 g/mol. The SMILES string of the molecule is Clc1ccccc1Cl.O=S1(=O)CCCC1. The quantitative estimate of drug-likeness (QED) is 0.723. The van der Waals surface area contributed by atoms with Crippen molar-refractivity contribution in [2.75, 3.05) is 11.5 Å². The Morgan fingerprint density at radius 3 is 1.53 bits per heavy atom. The van der Waals surface area contributed by atoms with Crippen LogP contribution in [0, 0.1) is 0 Å². The number of halogens is 2. The topological polar surface area (TPSA) is 34.1 Å². The standard InChI is InChI=1S/C6H4Cl2.C4H8O2S/c7-5-3-1-2-4-6(5)8;5-7(6)3-1-2-4-7/h1-4H;1-4H2. The van der Waals surface area contributed by atoms with Crippen molar-refractivity contribution in [2.24, 2.45) is 0 Å². The van der Waals surface area contributed by atoms with Gasteiger partial charge in [-0.2, -0.15) is 0 Å². The van der Waals surface area contributed by atoms with Crippen LogP contribution >= 0.6 is 23.2 Å². The first-order valence-corrected chi connectivity index (χ1v) is 7.19. The average molecular weight is 267 g/mol. The average Bonchev–Trinajstić information content (AvgIpc) is 2.57. The molecule has 0 N–H and O–H groups in total. The molecule has 0 saturated carbocycles. The van der Waals surface area contributed by atoms with Gasteiger partial charge in [0.1, 0.15) is 9.84 Å². The summed E-state index contributed by atoms with van der Waals surface area (Å²) >= 11 is 11.2. The molecule has 0 spiro atoms. The van der Waals surface area contributed by atoms with Crippen molar-refractivity contribution in [3.63, 3.8) is 0 Å². The monoisotopic (exact) mass is 266 g/mol. The lowest BCUT2D eigenvalue weighted by Crippen LogP contribution is -1.98. The van der Waals surface area contributed by atoms with E-state index in [1.165, 1.54) is 0 Å². The number of sulfone groups is 1. The molecule has 0 radical (unpaired) electrons. The Morgan fingerprint density at radius 1 is 0.933 bits per heavy atom. The van der Waals surface area contributed by atoms with Gasteiger partial charge in [0.25, 0.3) is 0 Å². The molecule has 1 aliphatic rings. The largest absolute Gasteiger partial charge is 0.229 e. The zero-order chi connectivity index (χ0) is 11.3. The number of hydrogen-bond acceptors (Lipinski definition) is 2. The van der Waals surface area contributed by atoms with Crippen LogP contribution in [0.25, 0.3) is 0 Å². The maximum atomic E-state index is 10.4. The highest BCUT2D eigenvalue weighted by atomic mass is 35.5. The van der Waals surface area contributed by atoms with Crippen LogP contribution < -0.4 is 0 Å². The fraction of sp³-hybridized carbons (Fsp3) is 0.400. The molecule has 1 aromatic rings. The molecule has 84 valence electrons. The molecule has 0 aliphatic carbocycles. The second-order valence-corrected chi connectivity index (χ2v) is 6.39. The smallest absolute Gasteiger partial charge is 0.150 e. The van der Waals surface area contributed by atoms with E-state index in [1.54, 1.807) is 12.1 Å². The molecular formula is C10H12Cl2O2S. The molecule has 15 heavy (non-hydrogen) atoms. The van der Waals surface area contributed by atoms with E-state index in [0.29, 0.717) is 21.6 Å². The second kappa shape index (κ2) is 5.73. The van der Waals surface area contributed by atoms with Crippen LogP contribution in [0.5, 0.6) is 0 Å². The minimum atomic E-state index is -2.55. The van der Waals surface area contributed by atoms with Gasteiger partial charge in [-0.1, -0.05) is 35.3 Å². The summed E-state index contributed by atoms with van der Waals surface area (Å²) in [7, 11) is -2.55. The van der Waals surface area contributed by atoms with Crippen molar-refractivity contribution < 1.29 is 8.42 Å². The fourth-order valence-corrected chi connectivity index (χ4v) is 2.95. The van der Waals surface area contributed by atoms with E-state index < -0.39 is 9.84 Å². The summed E-state index contributed by atoms with van der Waals surface area (Å²) in [5, 5.41) is 1.21. The number of benzene rings is 1. The summed E-state index contributed by atoms with van der Waals surface area (Å²) in [6, 6.07) is 7.19. The maximum absolute atomic E-state index is 10.4. The van der Waals surface area contributed by atoms with E-state index in [9.17, 15) is 8.42 Å². The summed E-state index contributed by atoms with van der Waals surface area (Å²) in [5.74, 6) is 0.847. The molecule has 0 atom stereocenters. The molecule has 1 saturated heterocycles. The van der Waals surface area contributed by atoms with Crippen LogP contribution in [0.2, 0.25) is 10.0 Å². The molecule has 0 aromatic heterocycles. The zero-order valence-electron chi connectivity index (χ0n) is 8.12. The Hall–Kier alpha value is -0.250. The first kappa shape index (κ1) is 12.8. The van der Waals surface area contributed by atoms with E-state index in [1.807, 2.05) is 12.1 Å². The van der Waals surface area contributed by atoms with E-state index in [2.05, 4.69) is 0 Å². The molecule has 1 heterocycles. The van der Waals surface area contributed by atoms with Crippen molar-refractivity contribution in [1.82, 2.24) is 0 Å². The molecule has 5 heteroatoms. The summed E-state index contributed by atoms with van der Waals surface area (Å²) in [4.78, 5) is 0. The van der Waals surface area contributed by atoms with Crippen LogP contribution in [0.15, 0.2) is 24.3 Å². The zero-order valence-corrected chi connectivity index (χ0v) is 10.4. The molecule has 0 unspecified atom stereocenters. The van der Waals surface area contributed by atoms with Gasteiger partial charge >= 0.3 is 0 Å². The predicted molar refractivity (Wildman–Crippen MR) is 64.3 cm³/mol. The third-order valence-corrected chi connectivity index (χ3v) is 4.56. The summed E-state index contributed by atoms with van der Waals surface area (Å²) < 4.78 is 20.9. The van der Waals surface area contributed by atoms with Crippen LogP contribution in [0.4, 0.5) is 0 Å². The van der Waals surface area contributed by atoms with Crippen molar-refractivity contribution in [3.05, 3.63) is 34.3 Å². The normalized spacial score (nSPS) is 18.0. The molecule has 0 amide bonds. The summed E-state index contributed by atoms with van der Waals surface area (Å²) in [6.45, 7) is 0. The van der Waals surface area contributed by atoms with Crippen molar-refractivity contribution >= 4 is 33.0 Å². The third kappa shape index (κ3) is 4.87. The molecule has 1 aliphatic heterocycles. The van der Waals surface area contributed by atoms with Gasteiger partial charge in [0.15, 0.2) is 0 Å². The van der Waals surface area contributed by atoms with Crippen molar-refractivity contribution in [2.45, 2.75) is 12.8 Å². The maximum Gasteiger partial charge on any atom is 0.150 e.